The van der Waals surface area contributed by atoms with Gasteiger partial charge in [-0.05, 0) is 35.9 Å². The third-order valence-corrected chi connectivity index (χ3v) is 4.18. The molecule has 0 spiro atoms. The molecule has 1 unspecified atom stereocenters. The molecule has 0 aromatic heterocycles. The Hall–Kier alpha value is -1.61. The molecule has 0 aliphatic carbocycles. The van der Waals surface area contributed by atoms with E-state index < -0.39 is 0 Å². The minimum atomic E-state index is -0.102. The Morgan fingerprint density at radius 3 is 2.74 bits per heavy atom. The van der Waals surface area contributed by atoms with E-state index in [1.165, 1.54) is 0 Å². The van der Waals surface area contributed by atoms with Crippen LogP contribution < -0.4 is 5.32 Å². The van der Waals surface area contributed by atoms with Crippen LogP contribution >= 0.6 is 15.9 Å². The van der Waals surface area contributed by atoms with Crippen molar-refractivity contribution >= 4 is 32.5 Å². The average molecular weight is 316 g/mol. The van der Waals surface area contributed by atoms with Gasteiger partial charge < -0.3 is 5.32 Å². The van der Waals surface area contributed by atoms with Crippen LogP contribution in [0.2, 0.25) is 0 Å². The van der Waals surface area contributed by atoms with Gasteiger partial charge in [-0.25, -0.2) is 0 Å². The van der Waals surface area contributed by atoms with Crippen LogP contribution in [0.5, 0.6) is 0 Å². The maximum absolute atomic E-state index is 12.6. The second-order valence-electron chi connectivity index (χ2n) is 4.70. The van der Waals surface area contributed by atoms with Gasteiger partial charge in [0, 0.05) is 10.0 Å². The lowest BCUT2D eigenvalue weighted by Crippen LogP contribution is -2.35. The van der Waals surface area contributed by atoms with Crippen LogP contribution in [0.4, 0.5) is 0 Å². The summed E-state index contributed by atoms with van der Waals surface area (Å²) < 4.78 is 1.02. The van der Waals surface area contributed by atoms with Gasteiger partial charge >= 0.3 is 0 Å². The summed E-state index contributed by atoms with van der Waals surface area (Å²) in [5.41, 5.74) is 0.798. The van der Waals surface area contributed by atoms with Crippen molar-refractivity contribution in [1.82, 2.24) is 5.32 Å². The van der Waals surface area contributed by atoms with Crippen molar-refractivity contribution in [2.24, 2.45) is 0 Å². The van der Waals surface area contributed by atoms with Gasteiger partial charge in [0.05, 0.1) is 6.04 Å². The molecule has 19 heavy (non-hydrogen) atoms. The number of fused-ring (bicyclic) bond motifs is 1. The normalized spacial score (nSPS) is 18.3. The number of hydrogen-bond acceptors (Lipinski definition) is 2. The topological polar surface area (TPSA) is 29.1 Å². The number of carbonyl (C=O) groups is 1. The molecule has 2 aromatic rings. The van der Waals surface area contributed by atoms with E-state index in [0.29, 0.717) is 0 Å². The second-order valence-corrected chi connectivity index (χ2v) is 5.56. The van der Waals surface area contributed by atoms with E-state index in [4.69, 9.17) is 0 Å². The first-order valence-corrected chi connectivity index (χ1v) is 7.19. The number of benzene rings is 2. The minimum absolute atomic E-state index is 0.102. The van der Waals surface area contributed by atoms with Crippen molar-refractivity contribution in [2.45, 2.75) is 18.9 Å². The van der Waals surface area contributed by atoms with E-state index in [2.05, 4.69) is 27.3 Å². The highest BCUT2D eigenvalue weighted by atomic mass is 79.9. The first kappa shape index (κ1) is 12.4. The molecule has 2 aromatic carbocycles. The Kier molecular flexibility index (Phi) is 3.38. The van der Waals surface area contributed by atoms with Gasteiger partial charge in [0.25, 0.3) is 0 Å². The van der Waals surface area contributed by atoms with E-state index >= 15 is 0 Å². The van der Waals surface area contributed by atoms with Crippen molar-refractivity contribution in [3.05, 3.63) is 58.7 Å². The molecule has 3 heteroatoms. The zero-order valence-electron chi connectivity index (χ0n) is 10.4. The van der Waals surface area contributed by atoms with Crippen molar-refractivity contribution in [2.75, 3.05) is 0 Å². The Labute approximate surface area is 120 Å². The number of halogens is 1. The summed E-state index contributed by atoms with van der Waals surface area (Å²) in [7, 11) is 0. The van der Waals surface area contributed by atoms with Crippen molar-refractivity contribution in [3.63, 3.8) is 0 Å². The monoisotopic (exact) mass is 315 g/mol. The van der Waals surface area contributed by atoms with Crippen LogP contribution in [0, 0.1) is 0 Å². The fourth-order valence-electron chi connectivity index (χ4n) is 2.49. The molecule has 1 aliphatic heterocycles. The first-order valence-electron chi connectivity index (χ1n) is 6.40. The number of hydrogen-bond donors (Lipinski definition) is 1. The molecule has 0 fully saturated rings. The van der Waals surface area contributed by atoms with Crippen molar-refractivity contribution in [3.8, 4) is 0 Å². The van der Waals surface area contributed by atoms with Crippen molar-refractivity contribution in [1.29, 1.82) is 0 Å². The number of Topliss-reactive ketones (excluding diaryl/α,β-unsaturated/α-hetero) is 1. The lowest BCUT2D eigenvalue weighted by atomic mass is 9.94. The number of ketones is 1. The fraction of sp³-hybridized carbons (Fsp3) is 0.188. The van der Waals surface area contributed by atoms with E-state index in [9.17, 15) is 4.79 Å². The molecule has 0 saturated carbocycles. The van der Waals surface area contributed by atoms with E-state index in [0.717, 1.165) is 33.7 Å². The Morgan fingerprint density at radius 1 is 1.16 bits per heavy atom. The Bertz CT molecular complexity index is 663. The third kappa shape index (κ3) is 2.30. The SMILES string of the molecule is O=C(c1cccc2c(Br)cccc12)C1CCC=CN1. The van der Waals surface area contributed by atoms with Gasteiger partial charge in [0.1, 0.15) is 0 Å². The highest BCUT2D eigenvalue weighted by molar-refractivity contribution is 9.10. The molecule has 3 rings (SSSR count). The molecule has 1 N–H and O–H groups in total. The average Bonchev–Trinajstić information content (AvgIpc) is 2.47. The molecule has 0 radical (unpaired) electrons. The lowest BCUT2D eigenvalue weighted by molar-refractivity contribution is 0.0945. The quantitative estimate of drug-likeness (QED) is 0.847. The smallest absolute Gasteiger partial charge is 0.185 e. The van der Waals surface area contributed by atoms with Crippen LogP contribution in [0.15, 0.2) is 53.1 Å². The van der Waals surface area contributed by atoms with Crippen LogP contribution in [0.25, 0.3) is 10.8 Å². The molecule has 0 saturated heterocycles. The summed E-state index contributed by atoms with van der Waals surface area (Å²) in [6.45, 7) is 0. The molecule has 1 aliphatic rings. The number of rotatable bonds is 2. The predicted molar refractivity (Wildman–Crippen MR) is 81.3 cm³/mol. The number of allylic oxidation sites excluding steroid dienone is 1. The van der Waals surface area contributed by atoms with Gasteiger partial charge in [-0.2, -0.15) is 0 Å². The third-order valence-electron chi connectivity index (χ3n) is 3.49. The standard InChI is InChI=1S/C16H14BrNO/c17-14-8-4-5-11-12(14)6-3-7-13(11)16(19)15-9-1-2-10-18-15/h2-8,10,15,18H,1,9H2. The van der Waals surface area contributed by atoms with Crippen LogP contribution in [0.1, 0.15) is 23.2 Å². The molecule has 1 atom stereocenters. The van der Waals surface area contributed by atoms with E-state index in [-0.39, 0.29) is 11.8 Å². The molecule has 0 bridgehead atoms. The second kappa shape index (κ2) is 5.17. The molecule has 1 heterocycles. The van der Waals surface area contributed by atoms with Gasteiger partial charge in [0.15, 0.2) is 5.78 Å². The van der Waals surface area contributed by atoms with Crippen LogP contribution in [0.3, 0.4) is 0 Å². The zero-order chi connectivity index (χ0) is 13.2. The predicted octanol–water partition coefficient (Wildman–Crippen LogP) is 4.05. The first-order chi connectivity index (χ1) is 9.27. The highest BCUT2D eigenvalue weighted by Gasteiger charge is 2.21. The fourth-order valence-corrected chi connectivity index (χ4v) is 2.99. The van der Waals surface area contributed by atoms with E-state index in [1.54, 1.807) is 0 Å². The molecule has 2 nitrogen and oxygen atoms in total. The summed E-state index contributed by atoms with van der Waals surface area (Å²) in [5.74, 6) is 0.174. The molecule has 0 amide bonds. The maximum Gasteiger partial charge on any atom is 0.185 e. The van der Waals surface area contributed by atoms with Gasteiger partial charge in [0.2, 0.25) is 0 Å². The van der Waals surface area contributed by atoms with Crippen LogP contribution in [-0.2, 0) is 0 Å². The van der Waals surface area contributed by atoms with Gasteiger partial charge in [-0.15, -0.1) is 0 Å². The number of nitrogens with one attached hydrogen (secondary N) is 1. The van der Waals surface area contributed by atoms with E-state index in [1.807, 2.05) is 42.6 Å². The summed E-state index contributed by atoms with van der Waals surface area (Å²) in [6, 6.07) is 11.8. The van der Waals surface area contributed by atoms with Gasteiger partial charge in [-0.1, -0.05) is 52.3 Å². The van der Waals surface area contributed by atoms with Crippen molar-refractivity contribution < 1.29 is 4.79 Å². The minimum Gasteiger partial charge on any atom is -0.381 e. The Balaban J connectivity index is 2.07. The van der Waals surface area contributed by atoms with Crippen LogP contribution in [-0.4, -0.2) is 11.8 Å². The Morgan fingerprint density at radius 2 is 1.95 bits per heavy atom. The zero-order valence-corrected chi connectivity index (χ0v) is 12.0. The van der Waals surface area contributed by atoms with Gasteiger partial charge in [-0.3, -0.25) is 4.79 Å². The largest absolute Gasteiger partial charge is 0.381 e. The summed E-state index contributed by atoms with van der Waals surface area (Å²) in [4.78, 5) is 12.6. The summed E-state index contributed by atoms with van der Waals surface area (Å²) >= 11 is 3.54. The number of carbonyl (C=O) groups excluding carboxylic acids is 1. The maximum atomic E-state index is 12.6. The summed E-state index contributed by atoms with van der Waals surface area (Å²) in [5, 5.41) is 5.25. The molecular formula is C16H14BrNO. The summed E-state index contributed by atoms with van der Waals surface area (Å²) in [6.07, 6.45) is 5.76. The molecule has 96 valence electrons. The highest BCUT2D eigenvalue weighted by Crippen LogP contribution is 2.27. The molecular weight excluding hydrogens is 302 g/mol. The lowest BCUT2D eigenvalue weighted by Gasteiger charge is -2.19.